The molecule has 306 valence electrons. The normalized spacial score (nSPS) is 16.9. The molecule has 58 heavy (non-hydrogen) atoms. The Hall–Kier alpha value is -4.07. The Morgan fingerprint density at radius 2 is 0.897 bits per heavy atom. The van der Waals surface area contributed by atoms with Gasteiger partial charge < -0.3 is 24.0 Å². The molecule has 0 radical (unpaired) electrons. The van der Waals surface area contributed by atoms with Crippen LogP contribution in [0.2, 0.25) is 20.1 Å². The SMILES string of the molecule is CCCC(CC1(CC(CCC)(c2ccc(OC)cc2)c2ccc(N(C)C)cc2)OC(=O)c2c(Cl)c(Cl)c(Cl)c(Cl)c21)(c1ccc(OC)cc1)c1ccc(N(C)C)cc1. The van der Waals surface area contributed by atoms with E-state index in [1.807, 2.05) is 52.5 Å². The molecule has 0 bridgehead atoms. The molecule has 0 amide bonds. The lowest BCUT2D eigenvalue weighted by Gasteiger charge is -2.47. The number of fused-ring (bicyclic) bond motifs is 1. The van der Waals surface area contributed by atoms with Crippen LogP contribution < -0.4 is 19.3 Å². The molecule has 0 fully saturated rings. The highest BCUT2D eigenvalue weighted by atomic mass is 35.5. The van der Waals surface area contributed by atoms with E-state index in [9.17, 15) is 4.79 Å². The highest BCUT2D eigenvalue weighted by Crippen LogP contribution is 2.61. The largest absolute Gasteiger partial charge is 0.497 e. The minimum atomic E-state index is -1.38. The number of nitrogens with zero attached hydrogens (tertiary/aromatic N) is 2. The van der Waals surface area contributed by atoms with Crippen molar-refractivity contribution >= 4 is 63.7 Å². The molecule has 0 spiro atoms. The smallest absolute Gasteiger partial charge is 0.341 e. The van der Waals surface area contributed by atoms with E-state index in [-0.39, 0.29) is 25.7 Å². The van der Waals surface area contributed by atoms with E-state index in [1.54, 1.807) is 14.2 Å². The quantitative estimate of drug-likeness (QED) is 0.0560. The number of esters is 1. The van der Waals surface area contributed by atoms with Gasteiger partial charge in [0.2, 0.25) is 0 Å². The maximum absolute atomic E-state index is 14.6. The van der Waals surface area contributed by atoms with Crippen LogP contribution in [0.15, 0.2) is 97.1 Å². The summed E-state index contributed by atoms with van der Waals surface area (Å²) in [6.45, 7) is 4.36. The monoisotopic (exact) mass is 860 g/mol. The zero-order valence-corrected chi connectivity index (χ0v) is 37.5. The summed E-state index contributed by atoms with van der Waals surface area (Å²) < 4.78 is 18.3. The fourth-order valence-electron chi connectivity index (χ4n) is 9.14. The molecule has 5 aromatic rings. The Bertz CT molecular complexity index is 2110. The Labute approximate surface area is 363 Å². The second-order valence-corrected chi connectivity index (χ2v) is 17.3. The van der Waals surface area contributed by atoms with Crippen LogP contribution in [-0.4, -0.2) is 48.4 Å². The molecule has 0 aromatic heterocycles. The van der Waals surface area contributed by atoms with Crippen molar-refractivity contribution in [1.29, 1.82) is 0 Å². The van der Waals surface area contributed by atoms with E-state index >= 15 is 0 Å². The first kappa shape index (κ1) is 43.5. The number of halogens is 4. The summed E-state index contributed by atoms with van der Waals surface area (Å²) in [4.78, 5) is 18.8. The predicted octanol–water partition coefficient (Wildman–Crippen LogP) is 13.2. The van der Waals surface area contributed by atoms with Crippen molar-refractivity contribution in [2.75, 3.05) is 52.2 Å². The van der Waals surface area contributed by atoms with Crippen molar-refractivity contribution in [1.82, 2.24) is 0 Å². The van der Waals surface area contributed by atoms with Crippen molar-refractivity contribution in [3.05, 3.63) is 151 Å². The average molecular weight is 863 g/mol. The third-order valence-electron chi connectivity index (χ3n) is 11.9. The second-order valence-electron chi connectivity index (χ2n) is 15.7. The molecule has 1 heterocycles. The fraction of sp³-hybridized carbons (Fsp3) is 0.354. The summed E-state index contributed by atoms with van der Waals surface area (Å²) in [5, 5.41) is 0.280. The maximum atomic E-state index is 14.6. The standard InChI is InChI=1S/C48H52Cl4N2O4/c1-9-27-46(33-15-23-37(56-7)24-16-33,31-11-19-35(20-12-31)53(3)4)29-48(40-39(45(55)58-48)41(49)43(51)44(52)42(40)50)30-47(28-10-2,34-17-25-38(57-8)26-18-34)32-13-21-36(22-14-32)54(5)6/h11-26H,9-10,27-30H2,1-8H3. The number of benzene rings is 5. The van der Waals surface area contributed by atoms with Crippen molar-refractivity contribution in [3.63, 3.8) is 0 Å². The van der Waals surface area contributed by atoms with Crippen LogP contribution in [0.25, 0.3) is 0 Å². The summed E-state index contributed by atoms with van der Waals surface area (Å²) in [6.07, 6.45) is 3.68. The molecule has 0 saturated heterocycles. The molecular weight excluding hydrogens is 810 g/mol. The number of anilines is 2. The molecule has 5 aromatic carbocycles. The minimum Gasteiger partial charge on any atom is -0.497 e. The van der Waals surface area contributed by atoms with Gasteiger partial charge in [-0.2, -0.15) is 0 Å². The maximum Gasteiger partial charge on any atom is 0.341 e. The Morgan fingerprint density at radius 3 is 1.22 bits per heavy atom. The van der Waals surface area contributed by atoms with Gasteiger partial charge in [-0.05, 0) is 83.6 Å². The summed E-state index contributed by atoms with van der Waals surface area (Å²) in [5.41, 5.74) is 4.12. The van der Waals surface area contributed by atoms with Crippen molar-refractivity contribution in [2.24, 2.45) is 0 Å². The number of cyclic esters (lactones) is 1. The van der Waals surface area contributed by atoms with Gasteiger partial charge in [-0.1, -0.05) is 122 Å². The highest BCUT2D eigenvalue weighted by molar-refractivity contribution is 6.53. The van der Waals surface area contributed by atoms with Crippen LogP contribution in [0, 0.1) is 0 Å². The van der Waals surface area contributed by atoms with Gasteiger partial charge in [0.25, 0.3) is 0 Å². The van der Waals surface area contributed by atoms with Crippen LogP contribution in [0.3, 0.4) is 0 Å². The summed E-state index contributed by atoms with van der Waals surface area (Å²) >= 11 is 28.1. The number of carbonyl (C=O) groups excluding carboxylic acids is 1. The number of methoxy groups -OCH3 is 2. The number of hydrogen-bond acceptors (Lipinski definition) is 6. The Morgan fingerprint density at radius 1 is 0.552 bits per heavy atom. The summed E-state index contributed by atoms with van der Waals surface area (Å²) in [6, 6.07) is 33.7. The van der Waals surface area contributed by atoms with E-state index in [0.717, 1.165) is 58.0 Å². The summed E-state index contributed by atoms with van der Waals surface area (Å²) in [7, 11) is 11.4. The predicted molar refractivity (Wildman–Crippen MR) is 242 cm³/mol. The van der Waals surface area contributed by atoms with E-state index in [0.29, 0.717) is 31.2 Å². The molecule has 0 N–H and O–H groups in total. The number of rotatable bonds is 16. The molecular formula is C48H52Cl4N2O4. The van der Waals surface area contributed by atoms with Crippen LogP contribution in [-0.2, 0) is 21.2 Å². The molecule has 1 aliphatic heterocycles. The van der Waals surface area contributed by atoms with Gasteiger partial charge in [-0.3, -0.25) is 0 Å². The topological polar surface area (TPSA) is 51.2 Å². The van der Waals surface area contributed by atoms with Gasteiger partial charge in [0.05, 0.1) is 39.9 Å². The van der Waals surface area contributed by atoms with Gasteiger partial charge in [0.15, 0.2) is 0 Å². The number of hydrogen-bond donors (Lipinski definition) is 0. The molecule has 6 rings (SSSR count). The van der Waals surface area contributed by atoms with E-state index in [2.05, 4.69) is 96.4 Å². The molecule has 0 saturated carbocycles. The molecule has 6 nitrogen and oxygen atoms in total. The van der Waals surface area contributed by atoms with E-state index in [4.69, 9.17) is 60.6 Å². The van der Waals surface area contributed by atoms with Gasteiger partial charge in [-0.25, -0.2) is 4.79 Å². The number of carbonyl (C=O) groups is 1. The second kappa shape index (κ2) is 17.6. The highest BCUT2D eigenvalue weighted by Gasteiger charge is 2.58. The van der Waals surface area contributed by atoms with Gasteiger partial charge in [0.1, 0.15) is 17.1 Å². The third-order valence-corrected chi connectivity index (χ3v) is 13.7. The zero-order chi connectivity index (χ0) is 42.0. The lowest BCUT2D eigenvalue weighted by molar-refractivity contribution is -0.0383. The molecule has 0 aliphatic carbocycles. The average Bonchev–Trinajstić information content (AvgIpc) is 3.52. The fourth-order valence-corrected chi connectivity index (χ4v) is 10.2. The number of ether oxygens (including phenoxy) is 3. The first-order valence-corrected chi connectivity index (χ1v) is 21.2. The first-order valence-electron chi connectivity index (χ1n) is 19.7. The van der Waals surface area contributed by atoms with Crippen molar-refractivity contribution < 1.29 is 19.0 Å². The minimum absolute atomic E-state index is 0.0170. The van der Waals surface area contributed by atoms with Gasteiger partial charge >= 0.3 is 5.97 Å². The molecule has 2 atom stereocenters. The Kier molecular flexibility index (Phi) is 13.2. The van der Waals surface area contributed by atoms with Gasteiger partial charge in [0, 0.05) is 68.8 Å². The molecule has 10 heteroatoms. The zero-order valence-electron chi connectivity index (χ0n) is 34.5. The first-order chi connectivity index (χ1) is 27.7. The van der Waals surface area contributed by atoms with E-state index in [1.165, 1.54) is 0 Å². The van der Waals surface area contributed by atoms with Crippen LogP contribution in [0.5, 0.6) is 11.5 Å². The lowest BCUT2D eigenvalue weighted by atomic mass is 9.58. The Balaban J connectivity index is 1.74. The van der Waals surface area contributed by atoms with Gasteiger partial charge in [-0.15, -0.1) is 0 Å². The van der Waals surface area contributed by atoms with E-state index < -0.39 is 22.4 Å². The third kappa shape index (κ3) is 7.86. The molecule has 2 unspecified atom stereocenters. The van der Waals surface area contributed by atoms with Crippen molar-refractivity contribution in [2.45, 2.75) is 68.8 Å². The molecule has 1 aliphatic rings. The lowest BCUT2D eigenvalue weighted by Crippen LogP contribution is -2.45. The van der Waals surface area contributed by atoms with Crippen LogP contribution >= 0.6 is 46.4 Å². The summed E-state index contributed by atoms with van der Waals surface area (Å²) in [5.74, 6) is 0.887. The van der Waals surface area contributed by atoms with Crippen LogP contribution in [0.1, 0.15) is 90.5 Å². The van der Waals surface area contributed by atoms with Crippen molar-refractivity contribution in [3.8, 4) is 11.5 Å². The van der Waals surface area contributed by atoms with Crippen LogP contribution in [0.4, 0.5) is 11.4 Å².